The third-order valence-corrected chi connectivity index (χ3v) is 17.9. The van der Waals surface area contributed by atoms with Crippen LogP contribution in [0.15, 0.2) is 85.2 Å². The van der Waals surface area contributed by atoms with E-state index in [9.17, 15) is 18.4 Å². The number of aromatic nitrogens is 2. The lowest BCUT2D eigenvalue weighted by molar-refractivity contribution is -0.121. The minimum Gasteiger partial charge on any atom is -0.496 e. The molecule has 2 amide bonds. The van der Waals surface area contributed by atoms with E-state index in [0.717, 1.165) is 97.4 Å². The molecule has 6 aliphatic rings. The summed E-state index contributed by atoms with van der Waals surface area (Å²) in [5.74, 6) is 1.76. The number of ether oxygens (including phenoxy) is 6. The number of anilines is 2. The van der Waals surface area contributed by atoms with Gasteiger partial charge in [-0.2, -0.15) is 0 Å². The zero-order valence-corrected chi connectivity index (χ0v) is 51.3. The van der Waals surface area contributed by atoms with Crippen LogP contribution in [0.2, 0.25) is 0 Å². The summed E-state index contributed by atoms with van der Waals surface area (Å²) in [6.07, 6.45) is 4.44. The van der Waals surface area contributed by atoms with Crippen LogP contribution < -0.4 is 39.4 Å². The largest absolute Gasteiger partial charge is 0.496 e. The molecule has 4 fully saturated rings. The van der Waals surface area contributed by atoms with Gasteiger partial charge in [-0.3, -0.25) is 39.2 Å². The summed E-state index contributed by atoms with van der Waals surface area (Å²) in [7, 11) is 3.08. The molecule has 4 saturated heterocycles. The van der Waals surface area contributed by atoms with Gasteiger partial charge in [0.15, 0.2) is 0 Å². The average molecular weight is 1190 g/mol. The highest BCUT2D eigenvalue weighted by atomic mass is 19.1. The number of fused-ring (bicyclic) bond motifs is 2. The van der Waals surface area contributed by atoms with Gasteiger partial charge in [-0.15, -0.1) is 0 Å². The van der Waals surface area contributed by atoms with E-state index >= 15 is 0 Å². The highest BCUT2D eigenvalue weighted by Crippen LogP contribution is 2.42. The number of carbonyl (C=O) groups is 2. The molecule has 0 saturated carbocycles. The number of benzene rings is 3. The lowest BCUT2D eigenvalue weighted by atomic mass is 9.91. The first-order chi connectivity index (χ1) is 41.4. The number of pyridine rings is 2. The Morgan fingerprint density at radius 1 is 0.616 bits per heavy atom. The van der Waals surface area contributed by atoms with Crippen LogP contribution in [0, 0.1) is 11.6 Å². The van der Waals surface area contributed by atoms with Crippen LogP contribution in [0.3, 0.4) is 0 Å². The average Bonchev–Trinajstić information content (AvgIpc) is 1.84. The fourth-order valence-electron chi connectivity index (χ4n) is 13.4. The van der Waals surface area contributed by atoms with Crippen LogP contribution in [0.25, 0.3) is 0 Å². The van der Waals surface area contributed by atoms with Crippen molar-refractivity contribution in [3.8, 4) is 23.0 Å². The van der Waals surface area contributed by atoms with Crippen molar-refractivity contribution in [3.63, 3.8) is 0 Å². The molecular weight excluding hydrogens is 1100 g/mol. The molecule has 0 spiro atoms. The maximum absolute atomic E-state index is 14.5. The van der Waals surface area contributed by atoms with Crippen molar-refractivity contribution >= 4 is 23.2 Å². The highest BCUT2D eigenvalue weighted by Gasteiger charge is 2.43. The van der Waals surface area contributed by atoms with Crippen LogP contribution in [-0.2, 0) is 42.7 Å². The molecule has 5 aromatic rings. The summed E-state index contributed by atoms with van der Waals surface area (Å²) >= 11 is 0. The van der Waals surface area contributed by atoms with Crippen molar-refractivity contribution in [1.29, 1.82) is 0 Å². The number of nitrogens with zero attached hydrogens (tertiary/aromatic N) is 8. The molecule has 11 rings (SSSR count). The number of halogens is 2. The number of methoxy groups -OCH3 is 2. The van der Waals surface area contributed by atoms with Crippen molar-refractivity contribution < 1.29 is 46.8 Å². The van der Waals surface area contributed by atoms with Crippen LogP contribution in [0.5, 0.6) is 23.0 Å². The molecule has 0 unspecified atom stereocenters. The molecule has 6 aliphatic heterocycles. The third kappa shape index (κ3) is 14.5. The van der Waals surface area contributed by atoms with Gasteiger partial charge in [0.05, 0.1) is 63.3 Å². The maximum atomic E-state index is 14.5. The Labute approximate surface area is 505 Å². The number of piperazine rings is 2. The number of hydrogen-bond donors (Lipinski definition) is 2. The fraction of sp³-hybridized carbons (Fsp3) is 0.545. The molecule has 3 aromatic carbocycles. The Bertz CT molecular complexity index is 3000. The topological polar surface area (TPSA) is 159 Å². The molecule has 462 valence electrons. The van der Waals surface area contributed by atoms with Crippen molar-refractivity contribution in [3.05, 3.63) is 130 Å². The predicted octanol–water partition coefficient (Wildman–Crippen LogP) is 6.09. The second-order valence-corrected chi connectivity index (χ2v) is 25.8. The van der Waals surface area contributed by atoms with E-state index in [0.29, 0.717) is 88.4 Å². The molecule has 0 aliphatic carbocycles. The highest BCUT2D eigenvalue weighted by molar-refractivity contribution is 5.98. The van der Waals surface area contributed by atoms with E-state index in [1.165, 1.54) is 24.3 Å². The van der Waals surface area contributed by atoms with Crippen molar-refractivity contribution in [2.45, 2.75) is 102 Å². The van der Waals surface area contributed by atoms with Crippen LogP contribution >= 0.6 is 0 Å². The standard InChI is InChI=1S/C66H86F2N10O8/c1-43-31-75(37-61(79)77-41-65(3,4)63-57(77)22-45(27-71-63)20-47-12-14-49(67)24-59(47)81-7)51(29-69-43)33-73-16-18-83-55(35-73)39-85-53-10-9-11-54(26-53)86-40-56-36-74(17-19-84-56)34-52-30-70-44(2)32-76(52)38-62(80)78-42-66(5,6)64-58(78)23-46(28-72-64)21-48-13-15-50(68)25-60(48)82-8/h9-15,22-28,43-44,51-52,55-56,69-70H,16-21,29-42H2,1-8H3/t43-,44-,51-,52-,55+,56+/m1/s1. The number of rotatable bonds is 20. The van der Waals surface area contributed by atoms with Gasteiger partial charge in [0.2, 0.25) is 11.8 Å². The Hall–Kier alpha value is -6.36. The monoisotopic (exact) mass is 1180 g/mol. The summed E-state index contributed by atoms with van der Waals surface area (Å²) in [5.41, 5.74) is 6.40. The first-order valence-corrected chi connectivity index (χ1v) is 30.6. The molecule has 2 aromatic heterocycles. The molecular formula is C66H86F2N10O8. The summed E-state index contributed by atoms with van der Waals surface area (Å²) in [6, 6.07) is 21.7. The second-order valence-electron chi connectivity index (χ2n) is 25.8. The number of morpholine rings is 2. The van der Waals surface area contributed by atoms with Crippen molar-refractivity contribution in [2.24, 2.45) is 0 Å². The minimum absolute atomic E-state index is 0.0509. The zero-order chi connectivity index (χ0) is 60.3. The van der Waals surface area contributed by atoms with E-state index in [1.54, 1.807) is 26.4 Å². The molecule has 0 radical (unpaired) electrons. The summed E-state index contributed by atoms with van der Waals surface area (Å²) in [5, 5.41) is 7.34. The van der Waals surface area contributed by atoms with Crippen LogP contribution in [0.4, 0.5) is 20.2 Å². The molecule has 6 atom stereocenters. The van der Waals surface area contributed by atoms with Gasteiger partial charge in [0, 0.05) is 157 Å². The lowest BCUT2D eigenvalue weighted by Gasteiger charge is -2.43. The Balaban J connectivity index is 0.648. The van der Waals surface area contributed by atoms with Gasteiger partial charge < -0.3 is 48.9 Å². The Kier molecular flexibility index (Phi) is 18.9. The molecule has 0 bridgehead atoms. The van der Waals surface area contributed by atoms with Crippen molar-refractivity contribution in [2.75, 3.05) is 142 Å². The van der Waals surface area contributed by atoms with Gasteiger partial charge in [0.1, 0.15) is 60.1 Å². The molecule has 18 nitrogen and oxygen atoms in total. The van der Waals surface area contributed by atoms with Gasteiger partial charge >= 0.3 is 0 Å². The van der Waals surface area contributed by atoms with Gasteiger partial charge in [-0.05, 0) is 72.5 Å². The van der Waals surface area contributed by atoms with Crippen molar-refractivity contribution in [1.82, 2.24) is 40.2 Å². The van der Waals surface area contributed by atoms with Gasteiger partial charge in [-0.25, -0.2) is 8.78 Å². The first-order valence-electron chi connectivity index (χ1n) is 30.6. The minimum atomic E-state index is -0.353. The summed E-state index contributed by atoms with van der Waals surface area (Å²) in [4.78, 5) is 52.1. The van der Waals surface area contributed by atoms with E-state index in [-0.39, 0.29) is 83.7 Å². The SMILES string of the molecule is COc1cc(F)ccc1Cc1cnc2c(c1)N(C(=O)CN1C[C@@H](C)NC[C@@H]1CN1CCO[C@H](COc3cccc(OC[C@@H]4CN(C[C@H]5CN[C@H](C)CN5CC(=O)N5CC(C)(C)c6ncc(Cc7ccc(F)cc7OC)cc65)CCO4)c3)C1)CC2(C)C. The second kappa shape index (κ2) is 26.5. The first kappa shape index (κ1) is 61.3. The molecule has 8 heterocycles. The maximum Gasteiger partial charge on any atom is 0.241 e. The smallest absolute Gasteiger partial charge is 0.241 e. The van der Waals surface area contributed by atoms with Gasteiger partial charge in [-0.1, -0.05) is 45.9 Å². The Morgan fingerprint density at radius 2 is 1.06 bits per heavy atom. The normalized spacial score (nSPS) is 24.3. The Morgan fingerprint density at radius 3 is 1.49 bits per heavy atom. The van der Waals surface area contributed by atoms with Crippen LogP contribution in [-0.4, -0.2) is 210 Å². The zero-order valence-electron chi connectivity index (χ0n) is 51.3. The molecule has 20 heteroatoms. The number of hydrogen-bond acceptors (Lipinski definition) is 16. The lowest BCUT2D eigenvalue weighted by Crippen LogP contribution is -2.61. The number of amides is 2. The van der Waals surface area contributed by atoms with E-state index < -0.39 is 0 Å². The number of carbonyl (C=O) groups excluding carboxylic acids is 2. The van der Waals surface area contributed by atoms with Crippen LogP contribution in [0.1, 0.15) is 75.2 Å². The van der Waals surface area contributed by atoms with E-state index in [4.69, 9.17) is 38.4 Å². The number of nitrogens with one attached hydrogen (secondary N) is 2. The van der Waals surface area contributed by atoms with E-state index in [1.807, 2.05) is 46.5 Å². The van der Waals surface area contributed by atoms with Gasteiger partial charge in [0.25, 0.3) is 0 Å². The molecule has 86 heavy (non-hydrogen) atoms. The fourth-order valence-corrected chi connectivity index (χ4v) is 13.4. The van der Waals surface area contributed by atoms with E-state index in [2.05, 4.69) is 83.9 Å². The third-order valence-electron chi connectivity index (χ3n) is 17.9. The quantitative estimate of drug-likeness (QED) is 0.0923. The summed E-state index contributed by atoms with van der Waals surface area (Å²) < 4.78 is 64.3. The molecule has 2 N–H and O–H groups in total. The predicted molar refractivity (Wildman–Crippen MR) is 326 cm³/mol. The summed E-state index contributed by atoms with van der Waals surface area (Å²) in [6.45, 7) is 24.0.